The van der Waals surface area contributed by atoms with Gasteiger partial charge in [0.05, 0.1) is 27.3 Å². The third-order valence-electron chi connectivity index (χ3n) is 22.0. The third-order valence-corrected chi connectivity index (χ3v) is 22.5. The second-order valence-electron chi connectivity index (χ2n) is 29.1. The first kappa shape index (κ1) is 73.8. The van der Waals surface area contributed by atoms with E-state index in [1.54, 1.807) is 26.6 Å². The predicted molar refractivity (Wildman–Crippen MR) is 447 cm³/mol. The van der Waals surface area contributed by atoms with Gasteiger partial charge < -0.3 is 63.6 Å². The molecule has 113 heavy (non-hydrogen) atoms. The number of piperidine rings is 1. The van der Waals surface area contributed by atoms with Crippen molar-refractivity contribution in [1.29, 1.82) is 0 Å². The van der Waals surface area contributed by atoms with Gasteiger partial charge in [0.25, 0.3) is 17.7 Å². The average molecular weight is 1540 g/mol. The SMILES string of the molecule is COc1cc(-c2ccccc2CN2C(=O)c3oc(-c4ccc(Cl)cc4)cc3Cc3cc(N4CCNCC4)ccc32)ccn1.COc1ccc(-c2ccccc2CN2C(=O)c3oc(-c4ccc(Cl)cc4)cc3Cc3cc(N4CCNCC4)ccc32)cn1.O=C1Nc2ccc(C3CCNCC3)cc2Cc2cc(-c3ccccc3)oc21. The van der Waals surface area contributed by atoms with Crippen LogP contribution in [0.4, 0.5) is 28.4 Å². The van der Waals surface area contributed by atoms with E-state index in [0.717, 1.165) is 166 Å². The van der Waals surface area contributed by atoms with Crippen molar-refractivity contribution in [3.63, 3.8) is 0 Å². The Morgan fingerprint density at radius 2 is 0.903 bits per heavy atom. The molecule has 0 aliphatic carbocycles. The molecule has 3 amide bonds. The first-order valence-electron chi connectivity index (χ1n) is 38.5. The number of aromatic nitrogens is 2. The maximum atomic E-state index is 14.4. The van der Waals surface area contributed by atoms with E-state index in [9.17, 15) is 14.4 Å². The fourth-order valence-corrected chi connectivity index (χ4v) is 16.4. The number of nitrogens with one attached hydrogen (secondary N) is 4. The Kier molecular flexibility index (Phi) is 21.6. The van der Waals surface area contributed by atoms with E-state index in [4.69, 9.17) is 45.9 Å². The molecule has 6 aliphatic heterocycles. The summed E-state index contributed by atoms with van der Waals surface area (Å²) < 4.78 is 29.3. The van der Waals surface area contributed by atoms with Gasteiger partial charge in [-0.25, -0.2) is 9.97 Å². The van der Waals surface area contributed by atoms with E-state index in [2.05, 4.69) is 120 Å². The van der Waals surface area contributed by atoms with E-state index in [0.29, 0.717) is 88.9 Å². The van der Waals surface area contributed by atoms with E-state index in [1.807, 2.05) is 155 Å². The van der Waals surface area contributed by atoms with Gasteiger partial charge in [0.15, 0.2) is 17.3 Å². The molecule has 19 rings (SSSR count). The highest BCUT2D eigenvalue weighted by atomic mass is 35.5. The number of hydrogen-bond donors (Lipinski definition) is 4. The van der Waals surface area contributed by atoms with Gasteiger partial charge >= 0.3 is 0 Å². The Morgan fingerprint density at radius 1 is 0.425 bits per heavy atom. The number of halogens is 2. The Hall–Kier alpha value is -12.0. The van der Waals surface area contributed by atoms with Gasteiger partial charge in [-0.1, -0.05) is 114 Å². The van der Waals surface area contributed by atoms with Gasteiger partial charge in [-0.2, -0.15) is 0 Å². The largest absolute Gasteiger partial charge is 0.481 e. The van der Waals surface area contributed by atoms with Gasteiger partial charge in [-0.05, 0) is 203 Å². The minimum Gasteiger partial charge on any atom is -0.481 e. The van der Waals surface area contributed by atoms with Gasteiger partial charge in [0.1, 0.15) is 17.3 Å². The zero-order chi connectivity index (χ0) is 76.9. The number of pyridine rings is 2. The molecule has 3 fully saturated rings. The highest BCUT2D eigenvalue weighted by Crippen LogP contribution is 2.43. The highest BCUT2D eigenvalue weighted by molar-refractivity contribution is 6.31. The summed E-state index contributed by atoms with van der Waals surface area (Å²) in [6.07, 6.45) is 7.77. The molecule has 3 saturated heterocycles. The van der Waals surface area contributed by atoms with Crippen LogP contribution < -0.4 is 50.3 Å². The fraction of sp³-hybridized carbons (Fsp3) is 0.215. The number of ether oxygens (including phenoxy) is 2. The number of furan rings is 3. The van der Waals surface area contributed by atoms with Gasteiger partial charge in [-0.15, -0.1) is 0 Å². The van der Waals surface area contributed by atoms with Gasteiger partial charge in [-0.3, -0.25) is 14.4 Å². The molecule has 568 valence electrons. The first-order valence-corrected chi connectivity index (χ1v) is 39.3. The number of rotatable bonds is 14. The summed E-state index contributed by atoms with van der Waals surface area (Å²) >= 11 is 12.3. The number of nitrogens with zero attached hydrogens (tertiary/aromatic N) is 6. The monoisotopic (exact) mass is 1540 g/mol. The second kappa shape index (κ2) is 33.1. The standard InChI is InChI=1S/2C35H31ClN4O3.C23H22N2O2/c1-42-33-13-8-24(21-38-33)30-5-3-2-4-25(30)22-40-31-12-11-29(39-16-14-37-15-17-39)19-26(31)18-27-20-32(43-34(27)35(40)41)23-6-9-28(36)10-7-23;1-42-33-21-24(12-13-38-33)30-5-3-2-4-25(30)22-40-31-11-10-29(39-16-14-37-15-17-39)19-26(31)18-27-20-32(43-34(27)35(40)41)23-6-8-28(36)9-7-23;26-23-22-19(14-21(27-22)16-4-2-1-3-5-16)13-18-12-17(6-7-20(18)25-23)15-8-10-24-11-9-15/h2*2-13,19-21,37H,14-18,22H2,1H3;1-7,12,14-15,24H,8-11,13H2,(H,25,26). The lowest BCUT2D eigenvalue weighted by molar-refractivity contribution is 0.0952. The average Bonchev–Trinajstić information content (AvgIpc) is 1.64. The number of benzene rings is 8. The van der Waals surface area contributed by atoms with Crippen molar-refractivity contribution in [2.24, 2.45) is 0 Å². The molecule has 0 radical (unpaired) electrons. The molecule has 0 atom stereocenters. The van der Waals surface area contributed by atoms with Crippen LogP contribution in [0.3, 0.4) is 0 Å². The number of anilines is 5. The first-order chi connectivity index (χ1) is 55.4. The number of carbonyl (C=O) groups excluding carboxylic acids is 3. The van der Waals surface area contributed by atoms with Crippen LogP contribution in [0.5, 0.6) is 11.8 Å². The van der Waals surface area contributed by atoms with Crippen molar-refractivity contribution in [3.05, 3.63) is 314 Å². The Bertz CT molecular complexity index is 5630. The maximum absolute atomic E-state index is 14.4. The molecule has 0 unspecified atom stereocenters. The van der Waals surface area contributed by atoms with E-state index >= 15 is 0 Å². The summed E-state index contributed by atoms with van der Waals surface area (Å²) in [6.45, 7) is 10.5. The molecule has 18 nitrogen and oxygen atoms in total. The summed E-state index contributed by atoms with van der Waals surface area (Å²) in [4.78, 5) is 58.7. The molecular weight excluding hydrogens is 1460 g/mol. The van der Waals surface area contributed by atoms with Crippen LogP contribution in [0, 0.1) is 0 Å². The van der Waals surface area contributed by atoms with Crippen LogP contribution in [-0.2, 0) is 32.4 Å². The molecule has 11 heterocycles. The van der Waals surface area contributed by atoms with Crippen molar-refractivity contribution in [2.45, 2.75) is 51.1 Å². The van der Waals surface area contributed by atoms with Crippen molar-refractivity contribution in [2.75, 3.05) is 105 Å². The Balaban J connectivity index is 0.000000126. The molecule has 0 spiro atoms. The molecule has 8 aromatic carbocycles. The highest BCUT2D eigenvalue weighted by Gasteiger charge is 2.35. The summed E-state index contributed by atoms with van der Waals surface area (Å²) in [5, 5.41) is 14.6. The quantitative estimate of drug-likeness (QED) is 0.0802. The van der Waals surface area contributed by atoms with Crippen LogP contribution in [0.1, 0.15) is 100 Å². The second-order valence-corrected chi connectivity index (χ2v) is 29.9. The third kappa shape index (κ3) is 16.0. The van der Waals surface area contributed by atoms with Crippen LogP contribution >= 0.6 is 23.2 Å². The summed E-state index contributed by atoms with van der Waals surface area (Å²) in [5.74, 6) is 4.42. The fourth-order valence-electron chi connectivity index (χ4n) is 16.1. The lowest BCUT2D eigenvalue weighted by Crippen LogP contribution is -2.43. The maximum Gasteiger partial charge on any atom is 0.294 e. The normalized spacial score (nSPS) is 15.2. The smallest absolute Gasteiger partial charge is 0.294 e. The molecule has 5 aromatic heterocycles. The molecule has 13 aromatic rings. The van der Waals surface area contributed by atoms with E-state index in [-0.39, 0.29) is 17.7 Å². The van der Waals surface area contributed by atoms with Crippen LogP contribution in [-0.4, -0.2) is 107 Å². The lowest BCUT2D eigenvalue weighted by atomic mass is 9.88. The van der Waals surface area contributed by atoms with E-state index in [1.165, 1.54) is 35.3 Å². The Labute approximate surface area is 666 Å². The number of methoxy groups -OCH3 is 2. The molecular formula is C93H84Cl2N10O8. The van der Waals surface area contributed by atoms with Crippen LogP contribution in [0.15, 0.2) is 250 Å². The number of piperazine rings is 2. The van der Waals surface area contributed by atoms with Crippen LogP contribution in [0.25, 0.3) is 56.2 Å². The molecule has 0 bridgehead atoms. The molecule has 6 aliphatic rings. The minimum absolute atomic E-state index is 0.161. The topological polar surface area (TPSA) is 196 Å². The lowest BCUT2D eigenvalue weighted by Gasteiger charge is -2.31. The summed E-state index contributed by atoms with van der Waals surface area (Å²) in [7, 11) is 3.21. The van der Waals surface area contributed by atoms with E-state index < -0.39 is 0 Å². The molecule has 20 heteroatoms. The summed E-state index contributed by atoms with van der Waals surface area (Å²) in [6, 6.07) is 74.3. The summed E-state index contributed by atoms with van der Waals surface area (Å²) in [5.41, 5.74) is 21.2. The van der Waals surface area contributed by atoms with Crippen molar-refractivity contribution in [1.82, 2.24) is 25.9 Å². The molecule has 0 saturated carbocycles. The zero-order valence-corrected chi connectivity index (χ0v) is 64.3. The van der Waals surface area contributed by atoms with Gasteiger partial charge in [0, 0.05) is 174 Å². The number of carbonyl (C=O) groups is 3. The number of hydrogen-bond acceptors (Lipinski definition) is 15. The minimum atomic E-state index is -0.166. The number of amides is 3. The zero-order valence-electron chi connectivity index (χ0n) is 62.8. The molecule has 4 N–H and O–H groups in total. The number of fused-ring (bicyclic) bond motifs is 6. The van der Waals surface area contributed by atoms with Crippen molar-refractivity contribution < 1.29 is 37.1 Å². The van der Waals surface area contributed by atoms with Crippen LogP contribution in [0.2, 0.25) is 10.0 Å². The Morgan fingerprint density at radius 3 is 1.43 bits per heavy atom. The van der Waals surface area contributed by atoms with Crippen molar-refractivity contribution in [3.8, 4) is 68.0 Å². The van der Waals surface area contributed by atoms with Gasteiger partial charge in [0.2, 0.25) is 11.8 Å². The predicted octanol–water partition coefficient (Wildman–Crippen LogP) is 18.2. The van der Waals surface area contributed by atoms with Crippen molar-refractivity contribution >= 4 is 69.4 Å².